The molecule has 6 aromatic carbocycles. The zero-order valence-corrected chi connectivity index (χ0v) is 64.5. The van der Waals surface area contributed by atoms with Crippen molar-refractivity contribution in [3.05, 3.63) is 231 Å². The van der Waals surface area contributed by atoms with Gasteiger partial charge in [0.1, 0.15) is 77.2 Å². The Morgan fingerprint density at radius 2 is 0.760 bits per heavy atom. The summed E-state index contributed by atoms with van der Waals surface area (Å²) in [7, 11) is 2.89. The molecule has 0 radical (unpaired) electrons. The molecule has 2 fully saturated rings. The fourth-order valence-corrected chi connectivity index (χ4v) is 12.6. The third-order valence-corrected chi connectivity index (χ3v) is 17.6. The number of rotatable bonds is 33. The molecular formula is C71H89Br2ClF3N8NaO18+2. The monoisotopic (exact) mass is 1620 g/mol. The largest absolute Gasteiger partial charge is 1.00 e. The third-order valence-electron chi connectivity index (χ3n) is 17.5. The molecule has 0 spiro atoms. The Labute approximate surface area is 652 Å². The van der Waals surface area contributed by atoms with Gasteiger partial charge in [-0.15, -0.1) is 0 Å². The zero-order valence-electron chi connectivity index (χ0n) is 59.6. The number of alkyl halides is 2. The summed E-state index contributed by atoms with van der Waals surface area (Å²) in [6.07, 6.45) is 6.45. The first-order valence-corrected chi connectivity index (χ1v) is 33.4. The molecule has 562 valence electrons. The maximum Gasteiger partial charge on any atom is 1.00 e. The van der Waals surface area contributed by atoms with E-state index >= 15 is 0 Å². The number of carbonyl (C=O) groups is 4. The summed E-state index contributed by atoms with van der Waals surface area (Å²) in [5.41, 5.74) is 5.74. The second-order valence-electron chi connectivity index (χ2n) is 25.5. The quantitative estimate of drug-likeness (QED) is 0.00825. The predicted molar refractivity (Wildman–Crippen MR) is 364 cm³/mol. The van der Waals surface area contributed by atoms with Crippen LogP contribution in [0, 0.1) is 52.1 Å². The standard InChI is InChI=1S/C35H43FN4O9.C19H21ClFN2O5.C16H22N2O4.CH3F.2BrH.Na/c1-39(24-28-7-13-31(36)14-8-28,25-29-9-15-32(16-10-29)37(43)44)22-23-47-35(42)49-27-48-34(41)6-5-21-40(19-3-2-4-20-40)26-30-11-17-33(18-12-30)38(45)46;1-23(10-11-27-19(24)28-14-20,12-15-2-6-17(21)7-3-15)13-16-4-8-18(9-5-16)22(25)26;19-16(20)5-4-12-18(10-2-1-3-11-18)13-14-6-8-15(9-7-14)17(21)22;1-2;;;/h7-18H,2-6,19-27H2,1H3;2-9H,10-14H2,1H3;6-9H,1-5,10-13H2;1H3;2*1H;/q+2;+1;;;;;+1/p-2/i;;;1D;;;. The van der Waals surface area contributed by atoms with Crippen LogP contribution in [-0.4, -0.2) is 162 Å². The molecule has 0 N–H and O–H groups in total. The summed E-state index contributed by atoms with van der Waals surface area (Å²) in [6.45, 7) is 9.46. The van der Waals surface area contributed by atoms with E-state index in [0.717, 1.165) is 127 Å². The van der Waals surface area contributed by atoms with Gasteiger partial charge in [-0.2, -0.15) is 0 Å². The van der Waals surface area contributed by atoms with E-state index in [-0.39, 0.29) is 130 Å². The van der Waals surface area contributed by atoms with Gasteiger partial charge >= 0.3 is 47.8 Å². The molecule has 104 heavy (non-hydrogen) atoms. The minimum absolute atomic E-state index is 0. The number of aliphatic carboxylic acids is 1. The summed E-state index contributed by atoms with van der Waals surface area (Å²) in [5.74, 6) is -2.16. The van der Waals surface area contributed by atoms with Crippen LogP contribution in [0.1, 0.15) is 99.0 Å². The fourth-order valence-electron chi connectivity index (χ4n) is 12.5. The van der Waals surface area contributed by atoms with E-state index in [1.54, 1.807) is 60.7 Å². The number of carboxylic acid groups (broad SMARTS) is 1. The Kier molecular flexibility index (Phi) is 41.5. The van der Waals surface area contributed by atoms with Gasteiger partial charge in [0.05, 0.1) is 88.0 Å². The van der Waals surface area contributed by atoms with E-state index in [9.17, 15) is 77.9 Å². The second kappa shape index (κ2) is 47.7. The Balaban J connectivity index is 0.000000566. The van der Waals surface area contributed by atoms with Gasteiger partial charge in [-0.1, -0.05) is 35.9 Å². The van der Waals surface area contributed by atoms with Crippen molar-refractivity contribution in [1.29, 1.82) is 0 Å². The molecule has 8 rings (SSSR count). The van der Waals surface area contributed by atoms with Crippen molar-refractivity contribution in [1.82, 2.24) is 0 Å². The molecular weight excluding hydrogens is 1530 g/mol. The number of esters is 1. The van der Waals surface area contributed by atoms with Gasteiger partial charge in [0.15, 0.2) is 6.07 Å². The van der Waals surface area contributed by atoms with Crippen LogP contribution in [-0.2, 0) is 72.5 Å². The van der Waals surface area contributed by atoms with E-state index in [0.29, 0.717) is 61.1 Å². The smallest absolute Gasteiger partial charge is 1.00 e. The molecule has 2 saturated heterocycles. The number of carbonyl (C=O) groups excluding carboxylic acids is 4. The summed E-state index contributed by atoms with van der Waals surface area (Å²) >= 11 is 5.32. The van der Waals surface area contributed by atoms with E-state index < -0.39 is 57.9 Å². The number of nitro groups is 4. The number of carboxylic acids is 1. The van der Waals surface area contributed by atoms with Crippen molar-refractivity contribution in [2.45, 2.75) is 103 Å². The molecule has 26 nitrogen and oxygen atoms in total. The van der Waals surface area contributed by atoms with Gasteiger partial charge < -0.3 is 85.5 Å². The van der Waals surface area contributed by atoms with Crippen LogP contribution in [0.4, 0.5) is 45.5 Å². The predicted octanol–water partition coefficient (Wildman–Crippen LogP) is 3.88. The first-order chi connectivity index (χ1) is 48.7. The number of piperidine rings is 2. The van der Waals surface area contributed by atoms with E-state index in [4.69, 9.17) is 31.9 Å². The van der Waals surface area contributed by atoms with Crippen molar-refractivity contribution in [3.63, 3.8) is 0 Å². The number of halogens is 6. The Morgan fingerprint density at radius 1 is 0.471 bits per heavy atom. The van der Waals surface area contributed by atoms with Gasteiger partial charge in [0.25, 0.3) is 22.7 Å². The Morgan fingerprint density at radius 3 is 1.06 bits per heavy atom. The number of likely N-dealkylation sites (tertiary alicyclic amines) is 2. The van der Waals surface area contributed by atoms with Crippen molar-refractivity contribution in [2.24, 2.45) is 0 Å². The summed E-state index contributed by atoms with van der Waals surface area (Å²) in [5, 5.41) is 54.2. The van der Waals surface area contributed by atoms with Crippen molar-refractivity contribution in [3.8, 4) is 0 Å². The number of ether oxygens (including phenoxy) is 5. The van der Waals surface area contributed by atoms with E-state index in [1.165, 1.54) is 79.2 Å². The van der Waals surface area contributed by atoms with Crippen LogP contribution in [0.2, 0.25) is 0 Å². The normalized spacial score (nSPS) is 14.3. The molecule has 2 heterocycles. The topological polar surface area (TPSA) is 310 Å². The number of hydrogen-bond donors (Lipinski definition) is 0. The number of hydrogen-bond acceptors (Lipinski definition) is 18. The maximum absolute atomic E-state index is 13.5. The second-order valence-corrected chi connectivity index (χ2v) is 25.8. The zero-order chi connectivity index (χ0) is 74.6. The third kappa shape index (κ3) is 34.0. The Bertz CT molecular complexity index is 3640. The van der Waals surface area contributed by atoms with Gasteiger partial charge in [-0.05, 0) is 118 Å². The maximum atomic E-state index is 13.5. The number of benzene rings is 6. The first kappa shape index (κ1) is 90.5. The average molecular weight is 1620 g/mol. The molecule has 6 aromatic rings. The summed E-state index contributed by atoms with van der Waals surface area (Å²) in [6, 6.07) is 37.8. The van der Waals surface area contributed by atoms with Crippen LogP contribution >= 0.6 is 11.6 Å². The Hall–Kier alpha value is -7.72. The molecule has 2 atom stereocenters. The van der Waals surface area contributed by atoms with E-state index in [1.807, 2.05) is 26.2 Å². The van der Waals surface area contributed by atoms with Crippen LogP contribution in [0.5, 0.6) is 0 Å². The minimum atomic E-state index is -1.00. The minimum Gasteiger partial charge on any atom is -1.00 e. The molecule has 0 amide bonds. The number of likely N-dealkylation sites (N-methyl/N-ethyl adjacent to an activating group) is 2. The van der Waals surface area contributed by atoms with Gasteiger partial charge in [-0.25, -0.2) is 18.4 Å². The molecule has 2 aliphatic heterocycles. The van der Waals surface area contributed by atoms with Gasteiger partial charge in [0, 0.05) is 101 Å². The van der Waals surface area contributed by atoms with Crippen LogP contribution in [0.25, 0.3) is 0 Å². The number of non-ortho nitro benzene ring substituents is 4. The van der Waals surface area contributed by atoms with E-state index in [2.05, 4.69) is 4.74 Å². The van der Waals surface area contributed by atoms with Crippen molar-refractivity contribution < 1.29 is 164 Å². The summed E-state index contributed by atoms with van der Waals surface area (Å²) < 4.78 is 69.5. The molecule has 0 bridgehead atoms. The van der Waals surface area contributed by atoms with Crippen LogP contribution < -0.4 is 68.6 Å². The first-order valence-electron chi connectivity index (χ1n) is 33.5. The molecule has 0 aliphatic carbocycles. The van der Waals surface area contributed by atoms with Crippen LogP contribution in [0.3, 0.4) is 0 Å². The molecule has 2 unspecified atom stereocenters. The van der Waals surface area contributed by atoms with Gasteiger partial charge in [0.2, 0.25) is 6.79 Å². The fraction of sp³-hybridized carbons (Fsp3) is 0.437. The molecule has 33 heteroatoms. The number of quaternary nitrogens is 4. The van der Waals surface area contributed by atoms with Crippen LogP contribution in [0.15, 0.2) is 146 Å². The molecule has 2 aliphatic rings. The number of nitrogens with zero attached hydrogens (tertiary/aromatic N) is 8. The number of nitro benzene ring substituents is 4. The van der Waals surface area contributed by atoms with Crippen molar-refractivity contribution >= 4 is 58.6 Å². The SMILES string of the molecule is C[N+](CCOC(=O)OCCl)(Cc1ccc(F)cc1)Cc1ccc([N+](=O)[O-])cc1.C[N+](CCOC(=O)OCOC(=O)CCC[N+]1(Cc2ccc([N+](=O)[O-])cc2)CCCCC1)(Cc1ccc(F)cc1)Cc1ccc([N+](=O)[O-])cc1.O=C([O-])CCC[N+]1(Cc2ccc([N+](=O)[O-])cc2)CCCCC1.[2H]CF.[Br-].[Br-].[Na+]. The van der Waals surface area contributed by atoms with Crippen molar-refractivity contribution in [2.75, 3.05) is 99.7 Å². The summed E-state index contributed by atoms with van der Waals surface area (Å²) in [4.78, 5) is 88.5. The average Bonchev–Trinajstić information content (AvgIpc) is 0.845. The molecule has 0 aromatic heterocycles. The van der Waals surface area contributed by atoms with Gasteiger partial charge in [-0.3, -0.25) is 49.6 Å². The molecule has 0 saturated carbocycles.